The number of hydrogen-bond acceptors (Lipinski definition) is 2. The second kappa shape index (κ2) is 6.09. The van der Waals surface area contributed by atoms with Crippen LogP contribution < -0.4 is 10.5 Å². The van der Waals surface area contributed by atoms with Crippen molar-refractivity contribution in [3.05, 3.63) is 63.1 Å². The van der Waals surface area contributed by atoms with Crippen LogP contribution in [0.5, 0.6) is 5.75 Å². The molecular weight excluding hydrogens is 318 g/mol. The van der Waals surface area contributed by atoms with E-state index in [1.165, 1.54) is 11.1 Å². The second-order valence-electron chi connectivity index (χ2n) is 4.61. The topological polar surface area (TPSA) is 52.3 Å². The molecule has 0 atom stereocenters. The monoisotopic (exact) mass is 333 g/mol. The number of methoxy groups -OCH3 is 1. The van der Waals surface area contributed by atoms with Crippen molar-refractivity contribution in [1.82, 2.24) is 0 Å². The fraction of sp³-hybridized carbons (Fsp3) is 0.188. The number of primary amides is 1. The van der Waals surface area contributed by atoms with E-state index in [0.29, 0.717) is 17.7 Å². The Bertz CT molecular complexity index is 653. The Kier molecular flexibility index (Phi) is 4.45. The van der Waals surface area contributed by atoms with E-state index in [9.17, 15) is 4.79 Å². The zero-order chi connectivity index (χ0) is 14.7. The van der Waals surface area contributed by atoms with Crippen LogP contribution in [0.4, 0.5) is 0 Å². The minimum Gasteiger partial charge on any atom is -0.496 e. The molecule has 0 heterocycles. The maximum Gasteiger partial charge on any atom is 0.252 e. The average Bonchev–Trinajstić information content (AvgIpc) is 2.41. The molecule has 0 aliphatic heterocycles. The van der Waals surface area contributed by atoms with Crippen molar-refractivity contribution in [2.24, 2.45) is 5.73 Å². The molecule has 0 saturated carbocycles. The van der Waals surface area contributed by atoms with Crippen LogP contribution in [0.15, 0.2) is 40.9 Å². The second-order valence-corrected chi connectivity index (χ2v) is 5.53. The molecule has 2 N–H and O–H groups in total. The van der Waals surface area contributed by atoms with Gasteiger partial charge in [-0.2, -0.15) is 0 Å². The SMILES string of the molecule is COc1c(Cc2ccc(Br)cc2C)cccc1C(N)=O. The summed E-state index contributed by atoms with van der Waals surface area (Å²) in [5, 5.41) is 0. The van der Waals surface area contributed by atoms with E-state index >= 15 is 0 Å². The van der Waals surface area contributed by atoms with Gasteiger partial charge in [0.2, 0.25) is 0 Å². The van der Waals surface area contributed by atoms with Gasteiger partial charge < -0.3 is 10.5 Å². The van der Waals surface area contributed by atoms with E-state index in [0.717, 1.165) is 10.0 Å². The van der Waals surface area contributed by atoms with Crippen LogP contribution in [0.3, 0.4) is 0 Å². The van der Waals surface area contributed by atoms with Gasteiger partial charge in [-0.3, -0.25) is 4.79 Å². The van der Waals surface area contributed by atoms with Crippen LogP contribution in [0.2, 0.25) is 0 Å². The number of hydrogen-bond donors (Lipinski definition) is 1. The van der Waals surface area contributed by atoms with Gasteiger partial charge in [-0.1, -0.05) is 34.1 Å². The van der Waals surface area contributed by atoms with Gasteiger partial charge >= 0.3 is 0 Å². The Morgan fingerprint density at radius 2 is 2.00 bits per heavy atom. The molecule has 20 heavy (non-hydrogen) atoms. The molecule has 0 saturated heterocycles. The van der Waals surface area contributed by atoms with Crippen molar-refractivity contribution in [1.29, 1.82) is 0 Å². The highest BCUT2D eigenvalue weighted by Crippen LogP contribution is 2.27. The van der Waals surface area contributed by atoms with Crippen LogP contribution in [0.25, 0.3) is 0 Å². The lowest BCUT2D eigenvalue weighted by Gasteiger charge is -2.13. The molecule has 4 heteroatoms. The smallest absolute Gasteiger partial charge is 0.252 e. The Morgan fingerprint density at radius 3 is 2.60 bits per heavy atom. The molecule has 0 radical (unpaired) electrons. The number of carbonyl (C=O) groups is 1. The van der Waals surface area contributed by atoms with Crippen LogP contribution in [-0.4, -0.2) is 13.0 Å². The van der Waals surface area contributed by atoms with E-state index in [4.69, 9.17) is 10.5 Å². The van der Waals surface area contributed by atoms with Crippen LogP contribution >= 0.6 is 15.9 Å². The molecular formula is C16H16BrNO2. The molecule has 0 fully saturated rings. The first-order valence-electron chi connectivity index (χ1n) is 6.23. The highest BCUT2D eigenvalue weighted by Gasteiger charge is 2.14. The van der Waals surface area contributed by atoms with Crippen LogP contribution in [-0.2, 0) is 6.42 Å². The van der Waals surface area contributed by atoms with Gasteiger partial charge in [-0.25, -0.2) is 0 Å². The number of carbonyl (C=O) groups excluding carboxylic acids is 1. The van der Waals surface area contributed by atoms with Crippen molar-refractivity contribution >= 4 is 21.8 Å². The number of halogens is 1. The molecule has 2 aromatic rings. The lowest BCUT2D eigenvalue weighted by Crippen LogP contribution is -2.13. The summed E-state index contributed by atoms with van der Waals surface area (Å²) in [5.74, 6) is 0.0820. The molecule has 104 valence electrons. The third-order valence-electron chi connectivity index (χ3n) is 3.25. The van der Waals surface area contributed by atoms with Crippen LogP contribution in [0, 0.1) is 6.92 Å². The van der Waals surface area contributed by atoms with Crippen LogP contribution in [0.1, 0.15) is 27.0 Å². The Balaban J connectivity index is 2.43. The number of rotatable bonds is 4. The minimum absolute atomic E-state index is 0.416. The lowest BCUT2D eigenvalue weighted by atomic mass is 9.98. The predicted molar refractivity (Wildman–Crippen MR) is 83.2 cm³/mol. The Labute approximate surface area is 126 Å². The third-order valence-corrected chi connectivity index (χ3v) is 3.74. The summed E-state index contributed by atoms with van der Waals surface area (Å²) >= 11 is 3.45. The van der Waals surface area contributed by atoms with Crippen molar-refractivity contribution in [2.75, 3.05) is 7.11 Å². The number of nitrogens with two attached hydrogens (primary N) is 1. The number of aryl methyl sites for hydroxylation is 1. The van der Waals surface area contributed by atoms with Crippen molar-refractivity contribution < 1.29 is 9.53 Å². The summed E-state index contributed by atoms with van der Waals surface area (Å²) in [6, 6.07) is 11.6. The van der Waals surface area contributed by atoms with E-state index in [2.05, 4.69) is 35.0 Å². The van der Waals surface area contributed by atoms with Gasteiger partial charge in [0, 0.05) is 10.9 Å². The normalized spacial score (nSPS) is 10.3. The molecule has 0 unspecified atom stereocenters. The Morgan fingerprint density at radius 1 is 1.25 bits per heavy atom. The molecule has 2 aromatic carbocycles. The van der Waals surface area contributed by atoms with E-state index in [-0.39, 0.29) is 0 Å². The number of benzene rings is 2. The standard InChI is InChI=1S/C16H16BrNO2/c1-10-8-13(17)7-6-11(10)9-12-4-3-5-14(16(18)19)15(12)20-2/h3-8H,9H2,1-2H3,(H2,18,19). The van der Waals surface area contributed by atoms with Gasteiger partial charge in [-0.15, -0.1) is 0 Å². The third kappa shape index (κ3) is 3.02. The highest BCUT2D eigenvalue weighted by molar-refractivity contribution is 9.10. The molecule has 0 aliphatic rings. The van der Waals surface area contributed by atoms with Crippen molar-refractivity contribution in [3.63, 3.8) is 0 Å². The van der Waals surface area contributed by atoms with Gasteiger partial charge in [0.15, 0.2) is 0 Å². The molecule has 0 bridgehead atoms. The molecule has 0 aliphatic carbocycles. The molecule has 0 aromatic heterocycles. The lowest BCUT2D eigenvalue weighted by molar-refractivity contribution is 0.0997. The zero-order valence-corrected chi connectivity index (χ0v) is 13.0. The average molecular weight is 334 g/mol. The first-order valence-corrected chi connectivity index (χ1v) is 7.03. The molecule has 2 rings (SSSR count). The number of amides is 1. The quantitative estimate of drug-likeness (QED) is 0.931. The fourth-order valence-corrected chi connectivity index (χ4v) is 2.70. The number of ether oxygens (including phenoxy) is 1. The van der Waals surface area contributed by atoms with Crippen molar-refractivity contribution in [3.8, 4) is 5.75 Å². The van der Waals surface area contributed by atoms with E-state index in [1.54, 1.807) is 13.2 Å². The van der Waals surface area contributed by atoms with Crippen molar-refractivity contribution in [2.45, 2.75) is 13.3 Å². The molecule has 1 amide bonds. The van der Waals surface area contributed by atoms with E-state index < -0.39 is 5.91 Å². The number of para-hydroxylation sites is 1. The highest BCUT2D eigenvalue weighted by atomic mass is 79.9. The van der Waals surface area contributed by atoms with Gasteiger partial charge in [0.05, 0.1) is 12.7 Å². The largest absolute Gasteiger partial charge is 0.496 e. The maximum atomic E-state index is 11.4. The van der Waals surface area contributed by atoms with Gasteiger partial charge in [0.25, 0.3) is 5.91 Å². The summed E-state index contributed by atoms with van der Waals surface area (Å²) in [6.45, 7) is 2.06. The van der Waals surface area contributed by atoms with E-state index in [1.807, 2.05) is 18.2 Å². The predicted octanol–water partition coefficient (Wildman–Crippen LogP) is 3.46. The summed E-state index contributed by atoms with van der Waals surface area (Å²) in [5.41, 5.74) is 9.12. The van der Waals surface area contributed by atoms with Gasteiger partial charge in [0.1, 0.15) is 5.75 Å². The zero-order valence-electron chi connectivity index (χ0n) is 11.4. The summed E-state index contributed by atoms with van der Waals surface area (Å²) < 4.78 is 6.42. The summed E-state index contributed by atoms with van der Waals surface area (Å²) in [6.07, 6.45) is 0.698. The minimum atomic E-state index is -0.476. The summed E-state index contributed by atoms with van der Waals surface area (Å²) in [4.78, 5) is 11.4. The first-order chi connectivity index (χ1) is 9.52. The van der Waals surface area contributed by atoms with Gasteiger partial charge in [-0.05, 0) is 41.8 Å². The molecule has 3 nitrogen and oxygen atoms in total. The first kappa shape index (κ1) is 14.6. The molecule has 0 spiro atoms. The summed E-state index contributed by atoms with van der Waals surface area (Å²) in [7, 11) is 1.56. The maximum absolute atomic E-state index is 11.4. The fourth-order valence-electron chi connectivity index (χ4n) is 2.22. The Hall–Kier alpha value is -1.81.